The molecule has 3 aliphatic rings. The second-order valence-corrected chi connectivity index (χ2v) is 9.69. The Balaban J connectivity index is 1.13. The average Bonchev–Trinajstić information content (AvgIpc) is 3.44. The Labute approximate surface area is 201 Å². The summed E-state index contributed by atoms with van der Waals surface area (Å²) in [7, 11) is 0. The lowest BCUT2D eigenvalue weighted by Gasteiger charge is -2.38. The molecule has 1 atom stereocenters. The van der Waals surface area contributed by atoms with E-state index in [1.54, 1.807) is 18.4 Å². The first-order valence-corrected chi connectivity index (χ1v) is 12.0. The Morgan fingerprint density at radius 3 is 2.74 bits per heavy atom. The number of carbonyl (C=O) groups excluding carboxylic acids is 3. The smallest absolute Gasteiger partial charge is 0.256 e. The van der Waals surface area contributed by atoms with Gasteiger partial charge in [-0.05, 0) is 49.1 Å². The van der Waals surface area contributed by atoms with Gasteiger partial charge in [0.15, 0.2) is 0 Å². The van der Waals surface area contributed by atoms with Crippen LogP contribution < -0.4 is 5.32 Å². The summed E-state index contributed by atoms with van der Waals surface area (Å²) in [4.78, 5) is 45.1. The van der Waals surface area contributed by atoms with Crippen molar-refractivity contribution in [3.8, 4) is 0 Å². The summed E-state index contributed by atoms with van der Waals surface area (Å²) in [6.45, 7) is 2.41. The number of aromatic nitrogens is 1. The molecule has 0 radical (unpaired) electrons. The van der Waals surface area contributed by atoms with Crippen LogP contribution in [0.15, 0.2) is 47.1 Å². The first-order valence-electron chi connectivity index (χ1n) is 12.0. The number of fused-ring (bicyclic) bond motifs is 2. The summed E-state index contributed by atoms with van der Waals surface area (Å²) in [6.07, 6.45) is 3.28. The zero-order chi connectivity index (χ0) is 24.2. The number of hydrogen-bond acceptors (Lipinski definition) is 7. The van der Waals surface area contributed by atoms with Crippen LogP contribution in [-0.2, 0) is 28.3 Å². The second kappa shape index (κ2) is 8.28. The molecular formula is C26H26N4O5. The number of aliphatic hydroxyl groups is 1. The Morgan fingerprint density at radius 1 is 1.11 bits per heavy atom. The van der Waals surface area contributed by atoms with Gasteiger partial charge in [-0.1, -0.05) is 12.1 Å². The molecule has 9 nitrogen and oxygen atoms in total. The van der Waals surface area contributed by atoms with Crippen molar-refractivity contribution in [1.29, 1.82) is 0 Å². The molecule has 9 heteroatoms. The molecule has 5 heterocycles. The number of piperidine rings is 2. The van der Waals surface area contributed by atoms with Crippen LogP contribution in [0.5, 0.6) is 0 Å². The number of nitrogens with one attached hydrogen (secondary N) is 1. The van der Waals surface area contributed by atoms with E-state index in [0.717, 1.165) is 17.5 Å². The van der Waals surface area contributed by atoms with Crippen LogP contribution in [0.1, 0.15) is 53.0 Å². The molecule has 3 aromatic rings. The number of amides is 3. The van der Waals surface area contributed by atoms with Crippen molar-refractivity contribution in [2.45, 2.75) is 50.4 Å². The SMILES string of the molecule is O=C1CCC(N2Cc3nc(C4(O)CCN(Cc5ccc6ccoc6c5)CC4)ccc3C2=O)C(=O)N1. The third-order valence-electron chi connectivity index (χ3n) is 7.46. The van der Waals surface area contributed by atoms with Crippen molar-refractivity contribution in [2.24, 2.45) is 0 Å². The molecule has 0 aliphatic carbocycles. The van der Waals surface area contributed by atoms with Gasteiger partial charge in [0, 0.05) is 31.4 Å². The fraction of sp³-hybridized carbons (Fsp3) is 0.385. The van der Waals surface area contributed by atoms with E-state index in [9.17, 15) is 19.5 Å². The van der Waals surface area contributed by atoms with Crippen LogP contribution in [0.25, 0.3) is 11.0 Å². The Kier molecular flexibility index (Phi) is 5.19. The van der Waals surface area contributed by atoms with Gasteiger partial charge in [-0.25, -0.2) is 0 Å². The minimum Gasteiger partial charge on any atom is -0.464 e. The van der Waals surface area contributed by atoms with Gasteiger partial charge >= 0.3 is 0 Å². The van der Waals surface area contributed by atoms with Crippen LogP contribution in [0.3, 0.4) is 0 Å². The van der Waals surface area contributed by atoms with Crippen LogP contribution in [0, 0.1) is 0 Å². The molecular weight excluding hydrogens is 448 g/mol. The van der Waals surface area contributed by atoms with Crippen molar-refractivity contribution < 1.29 is 23.9 Å². The number of imide groups is 1. The molecule has 0 saturated carbocycles. The highest BCUT2D eigenvalue weighted by Crippen LogP contribution is 2.35. The second-order valence-electron chi connectivity index (χ2n) is 9.69. The fourth-order valence-corrected chi connectivity index (χ4v) is 5.39. The van der Waals surface area contributed by atoms with E-state index in [-0.39, 0.29) is 24.8 Å². The maximum atomic E-state index is 12.9. The molecule has 0 bridgehead atoms. The third kappa shape index (κ3) is 3.90. The standard InChI is InChI=1S/C26H26N4O5/c31-23-6-4-20(24(32)28-23)30-15-19-18(25(30)33)3-5-22(27-19)26(34)8-10-29(11-9-26)14-16-1-2-17-7-12-35-21(17)13-16/h1-3,5,7,12-13,20,34H,4,6,8-11,14-15H2,(H,28,31,32). The van der Waals surface area contributed by atoms with E-state index in [2.05, 4.69) is 33.4 Å². The van der Waals surface area contributed by atoms with Crippen molar-refractivity contribution in [3.05, 3.63) is 65.2 Å². The Hall–Kier alpha value is -3.56. The number of pyridine rings is 1. The molecule has 1 unspecified atom stereocenters. The minimum atomic E-state index is -1.07. The maximum absolute atomic E-state index is 12.9. The lowest BCUT2D eigenvalue weighted by molar-refractivity contribution is -0.136. The van der Waals surface area contributed by atoms with Crippen LogP contribution in [0.4, 0.5) is 0 Å². The van der Waals surface area contributed by atoms with Gasteiger partial charge < -0.3 is 14.4 Å². The first kappa shape index (κ1) is 21.9. The van der Waals surface area contributed by atoms with E-state index >= 15 is 0 Å². The molecule has 6 rings (SSSR count). The summed E-state index contributed by atoms with van der Waals surface area (Å²) < 4.78 is 5.51. The number of benzene rings is 1. The van der Waals surface area contributed by atoms with Crippen LogP contribution in [0.2, 0.25) is 0 Å². The van der Waals surface area contributed by atoms with Gasteiger partial charge in [0.1, 0.15) is 17.2 Å². The summed E-state index contributed by atoms with van der Waals surface area (Å²) >= 11 is 0. The van der Waals surface area contributed by atoms with Gasteiger partial charge in [0.05, 0.1) is 29.8 Å². The fourth-order valence-electron chi connectivity index (χ4n) is 5.39. The quantitative estimate of drug-likeness (QED) is 0.556. The summed E-state index contributed by atoms with van der Waals surface area (Å²) in [5.41, 5.74) is 2.56. The molecule has 2 saturated heterocycles. The summed E-state index contributed by atoms with van der Waals surface area (Å²) in [6, 6.07) is 10.9. The number of likely N-dealkylation sites (tertiary alicyclic amines) is 1. The highest BCUT2D eigenvalue weighted by Gasteiger charge is 2.41. The van der Waals surface area contributed by atoms with Crippen LogP contribution in [-0.4, -0.2) is 56.7 Å². The highest BCUT2D eigenvalue weighted by atomic mass is 16.3. The van der Waals surface area contributed by atoms with E-state index in [4.69, 9.17) is 4.42 Å². The van der Waals surface area contributed by atoms with Crippen molar-refractivity contribution >= 4 is 28.7 Å². The third-order valence-corrected chi connectivity index (χ3v) is 7.46. The number of hydrogen-bond donors (Lipinski definition) is 2. The van der Waals surface area contributed by atoms with Crippen molar-refractivity contribution in [1.82, 2.24) is 20.1 Å². The summed E-state index contributed by atoms with van der Waals surface area (Å²) in [5.74, 6) is -1.02. The highest BCUT2D eigenvalue weighted by molar-refractivity contribution is 6.05. The van der Waals surface area contributed by atoms with Gasteiger partial charge in [-0.2, -0.15) is 0 Å². The zero-order valence-corrected chi connectivity index (χ0v) is 19.2. The number of nitrogens with zero attached hydrogens (tertiary/aromatic N) is 3. The molecule has 35 heavy (non-hydrogen) atoms. The minimum absolute atomic E-state index is 0.200. The van der Waals surface area contributed by atoms with E-state index < -0.39 is 17.6 Å². The van der Waals surface area contributed by atoms with E-state index in [0.29, 0.717) is 49.3 Å². The predicted octanol–water partition coefficient (Wildman–Crippen LogP) is 2.07. The molecule has 2 N–H and O–H groups in total. The van der Waals surface area contributed by atoms with E-state index in [1.165, 1.54) is 10.5 Å². The predicted molar refractivity (Wildman–Crippen MR) is 125 cm³/mol. The number of carbonyl (C=O) groups is 3. The number of rotatable bonds is 4. The van der Waals surface area contributed by atoms with Crippen LogP contribution >= 0.6 is 0 Å². The molecule has 2 fully saturated rings. The Bertz CT molecular complexity index is 1340. The lowest BCUT2D eigenvalue weighted by atomic mass is 9.87. The maximum Gasteiger partial charge on any atom is 0.256 e. The molecule has 1 aromatic carbocycles. The largest absolute Gasteiger partial charge is 0.464 e. The molecule has 3 amide bonds. The van der Waals surface area contributed by atoms with Gasteiger partial charge in [0.25, 0.3) is 5.91 Å². The first-order chi connectivity index (χ1) is 16.9. The molecule has 180 valence electrons. The molecule has 0 spiro atoms. The topological polar surface area (TPSA) is 116 Å². The number of furan rings is 1. The summed E-state index contributed by atoms with van der Waals surface area (Å²) in [5, 5.41) is 14.8. The molecule has 2 aromatic heterocycles. The zero-order valence-electron chi connectivity index (χ0n) is 19.2. The lowest BCUT2D eigenvalue weighted by Crippen LogP contribution is -2.52. The Morgan fingerprint density at radius 2 is 1.94 bits per heavy atom. The normalized spacial score (nSPS) is 22.5. The molecule has 3 aliphatic heterocycles. The van der Waals surface area contributed by atoms with Crippen molar-refractivity contribution in [3.63, 3.8) is 0 Å². The monoisotopic (exact) mass is 474 g/mol. The van der Waals surface area contributed by atoms with Crippen molar-refractivity contribution in [2.75, 3.05) is 13.1 Å². The average molecular weight is 475 g/mol. The van der Waals surface area contributed by atoms with Gasteiger partial charge in [0.2, 0.25) is 11.8 Å². The van der Waals surface area contributed by atoms with Gasteiger partial charge in [-0.3, -0.25) is 29.6 Å². The van der Waals surface area contributed by atoms with Gasteiger partial charge in [-0.15, -0.1) is 0 Å². The van der Waals surface area contributed by atoms with E-state index in [1.807, 2.05) is 6.07 Å².